The standard InChI is InChI=1S/C16H20N6O/c1-5-11(3)22-12(4)14(9-19-22)20-16(23)21-15-6-10(2)13(7-17)8-18-15/h6,8-9,11H,5H2,1-4H3,(H2,18,20,21,23). The minimum Gasteiger partial charge on any atom is -0.305 e. The van der Waals surface area contributed by atoms with Crippen LogP contribution in [0, 0.1) is 25.2 Å². The number of amides is 2. The summed E-state index contributed by atoms with van der Waals surface area (Å²) >= 11 is 0. The van der Waals surface area contributed by atoms with Gasteiger partial charge in [-0.25, -0.2) is 9.78 Å². The van der Waals surface area contributed by atoms with Crippen molar-refractivity contribution in [1.29, 1.82) is 5.26 Å². The van der Waals surface area contributed by atoms with Crippen LogP contribution in [0.1, 0.15) is 43.1 Å². The molecule has 2 aromatic heterocycles. The molecule has 0 saturated heterocycles. The van der Waals surface area contributed by atoms with Crippen LogP contribution >= 0.6 is 0 Å². The fourth-order valence-corrected chi connectivity index (χ4v) is 2.17. The zero-order chi connectivity index (χ0) is 17.0. The molecule has 2 heterocycles. The molecule has 0 aliphatic carbocycles. The Hall–Kier alpha value is -2.88. The molecule has 0 saturated carbocycles. The lowest BCUT2D eigenvalue weighted by Crippen LogP contribution is -2.20. The van der Waals surface area contributed by atoms with Crippen LogP contribution in [0.15, 0.2) is 18.5 Å². The minimum absolute atomic E-state index is 0.274. The van der Waals surface area contributed by atoms with Gasteiger partial charge in [0.05, 0.1) is 23.1 Å². The van der Waals surface area contributed by atoms with Crippen molar-refractivity contribution in [3.8, 4) is 6.07 Å². The van der Waals surface area contributed by atoms with E-state index in [4.69, 9.17) is 5.26 Å². The molecule has 0 aliphatic rings. The maximum absolute atomic E-state index is 12.1. The second-order valence-corrected chi connectivity index (χ2v) is 5.42. The third kappa shape index (κ3) is 3.66. The Kier molecular flexibility index (Phi) is 4.96. The fourth-order valence-electron chi connectivity index (χ4n) is 2.17. The molecule has 0 spiro atoms. The third-order valence-electron chi connectivity index (χ3n) is 3.77. The van der Waals surface area contributed by atoms with E-state index in [1.165, 1.54) is 6.20 Å². The number of nitriles is 1. The molecule has 2 aromatic rings. The Bertz CT molecular complexity index is 758. The number of anilines is 2. The van der Waals surface area contributed by atoms with Crippen LogP contribution in [0.4, 0.5) is 16.3 Å². The van der Waals surface area contributed by atoms with Gasteiger partial charge in [0.2, 0.25) is 0 Å². The number of pyridine rings is 1. The zero-order valence-corrected chi connectivity index (χ0v) is 13.7. The molecule has 2 N–H and O–H groups in total. The topological polar surface area (TPSA) is 95.6 Å². The Morgan fingerprint density at radius 3 is 2.74 bits per heavy atom. The van der Waals surface area contributed by atoms with Crippen molar-refractivity contribution in [2.24, 2.45) is 0 Å². The van der Waals surface area contributed by atoms with Gasteiger partial charge < -0.3 is 5.32 Å². The first-order valence-electron chi connectivity index (χ1n) is 7.45. The highest BCUT2D eigenvalue weighted by atomic mass is 16.2. The van der Waals surface area contributed by atoms with E-state index in [-0.39, 0.29) is 6.04 Å². The van der Waals surface area contributed by atoms with Crippen LogP contribution in [0.25, 0.3) is 0 Å². The predicted octanol–water partition coefficient (Wildman–Crippen LogP) is 3.38. The molecular weight excluding hydrogens is 292 g/mol. The van der Waals surface area contributed by atoms with Crippen LogP contribution in [0.2, 0.25) is 0 Å². The number of hydrogen-bond acceptors (Lipinski definition) is 4. The number of nitrogens with one attached hydrogen (secondary N) is 2. The summed E-state index contributed by atoms with van der Waals surface area (Å²) in [6.07, 6.45) is 4.04. The van der Waals surface area contributed by atoms with E-state index in [0.717, 1.165) is 17.7 Å². The lowest BCUT2D eigenvalue weighted by atomic mass is 10.2. The Morgan fingerprint density at radius 1 is 1.39 bits per heavy atom. The number of nitrogens with zero attached hydrogens (tertiary/aromatic N) is 4. The summed E-state index contributed by atoms with van der Waals surface area (Å²) in [5.74, 6) is 0.394. The minimum atomic E-state index is -0.395. The highest BCUT2D eigenvalue weighted by Crippen LogP contribution is 2.20. The smallest absolute Gasteiger partial charge is 0.305 e. The van der Waals surface area contributed by atoms with Crippen molar-refractivity contribution >= 4 is 17.5 Å². The molecule has 1 atom stereocenters. The van der Waals surface area contributed by atoms with Crippen LogP contribution in [0.5, 0.6) is 0 Å². The molecular formula is C16H20N6O. The molecule has 0 radical (unpaired) electrons. The van der Waals surface area contributed by atoms with Gasteiger partial charge in [-0.3, -0.25) is 10.00 Å². The molecule has 7 nitrogen and oxygen atoms in total. The first kappa shape index (κ1) is 16.5. The number of aromatic nitrogens is 3. The number of hydrogen-bond donors (Lipinski definition) is 2. The molecule has 23 heavy (non-hydrogen) atoms. The highest BCUT2D eigenvalue weighted by molar-refractivity contribution is 5.99. The number of carbonyl (C=O) groups excluding carboxylic acids is 1. The van der Waals surface area contributed by atoms with Crippen molar-refractivity contribution in [3.05, 3.63) is 35.3 Å². The number of rotatable bonds is 4. The van der Waals surface area contributed by atoms with E-state index < -0.39 is 6.03 Å². The quantitative estimate of drug-likeness (QED) is 0.904. The van der Waals surface area contributed by atoms with Crippen molar-refractivity contribution < 1.29 is 4.79 Å². The molecule has 0 bridgehead atoms. The summed E-state index contributed by atoms with van der Waals surface area (Å²) in [7, 11) is 0. The summed E-state index contributed by atoms with van der Waals surface area (Å²) in [6, 6.07) is 3.58. The molecule has 7 heteroatoms. The van der Waals surface area contributed by atoms with Gasteiger partial charge in [0, 0.05) is 12.2 Å². The van der Waals surface area contributed by atoms with E-state index in [9.17, 15) is 4.79 Å². The van der Waals surface area contributed by atoms with Gasteiger partial charge in [0.1, 0.15) is 11.9 Å². The summed E-state index contributed by atoms with van der Waals surface area (Å²) in [4.78, 5) is 16.1. The molecule has 0 aliphatic heterocycles. The SMILES string of the molecule is CCC(C)n1ncc(NC(=O)Nc2cc(C)c(C#N)cn2)c1C. The normalized spacial score (nSPS) is 11.6. The van der Waals surface area contributed by atoms with Gasteiger partial charge >= 0.3 is 6.03 Å². The average Bonchev–Trinajstić information content (AvgIpc) is 2.87. The van der Waals surface area contributed by atoms with Gasteiger partial charge in [-0.2, -0.15) is 10.4 Å². The Balaban J connectivity index is 2.07. The number of urea groups is 1. The third-order valence-corrected chi connectivity index (χ3v) is 3.77. The molecule has 2 amide bonds. The van der Waals surface area contributed by atoms with Gasteiger partial charge in [0.15, 0.2) is 0 Å². The second kappa shape index (κ2) is 6.92. The van der Waals surface area contributed by atoms with E-state index in [0.29, 0.717) is 17.1 Å². The van der Waals surface area contributed by atoms with Crippen molar-refractivity contribution in [2.75, 3.05) is 10.6 Å². The van der Waals surface area contributed by atoms with Gasteiger partial charge in [-0.15, -0.1) is 0 Å². The monoisotopic (exact) mass is 312 g/mol. The van der Waals surface area contributed by atoms with Gasteiger partial charge in [-0.1, -0.05) is 6.92 Å². The number of aryl methyl sites for hydroxylation is 1. The van der Waals surface area contributed by atoms with Crippen molar-refractivity contribution in [1.82, 2.24) is 14.8 Å². The van der Waals surface area contributed by atoms with Crippen molar-refractivity contribution in [3.63, 3.8) is 0 Å². The predicted molar refractivity (Wildman–Crippen MR) is 88.3 cm³/mol. The number of carbonyl (C=O) groups is 1. The van der Waals surface area contributed by atoms with Crippen molar-refractivity contribution in [2.45, 2.75) is 40.2 Å². The maximum atomic E-state index is 12.1. The van der Waals surface area contributed by atoms with Crippen LogP contribution in [0.3, 0.4) is 0 Å². The summed E-state index contributed by atoms with van der Waals surface area (Å²) in [5, 5.41) is 18.6. The second-order valence-electron chi connectivity index (χ2n) is 5.42. The lowest BCUT2D eigenvalue weighted by Gasteiger charge is -2.12. The molecule has 2 rings (SSSR count). The first-order valence-corrected chi connectivity index (χ1v) is 7.45. The average molecular weight is 312 g/mol. The highest BCUT2D eigenvalue weighted by Gasteiger charge is 2.13. The molecule has 0 aromatic carbocycles. The summed E-state index contributed by atoms with van der Waals surface area (Å²) in [6.45, 7) is 7.88. The van der Waals surface area contributed by atoms with Crippen LogP contribution in [-0.4, -0.2) is 20.8 Å². The largest absolute Gasteiger partial charge is 0.324 e. The molecule has 1 unspecified atom stereocenters. The lowest BCUT2D eigenvalue weighted by molar-refractivity contribution is 0.262. The van der Waals surface area contributed by atoms with Crippen LogP contribution in [-0.2, 0) is 0 Å². The van der Waals surface area contributed by atoms with Gasteiger partial charge in [0.25, 0.3) is 0 Å². The Labute approximate surface area is 135 Å². The first-order chi connectivity index (χ1) is 11.0. The Morgan fingerprint density at radius 2 is 2.13 bits per heavy atom. The summed E-state index contributed by atoms with van der Waals surface area (Å²) in [5.41, 5.74) is 2.81. The fraction of sp³-hybridized carbons (Fsp3) is 0.375. The maximum Gasteiger partial charge on any atom is 0.324 e. The van der Waals surface area contributed by atoms with E-state index in [1.54, 1.807) is 19.2 Å². The zero-order valence-electron chi connectivity index (χ0n) is 13.7. The van der Waals surface area contributed by atoms with Crippen LogP contribution < -0.4 is 10.6 Å². The molecule has 120 valence electrons. The molecule has 0 fully saturated rings. The van der Waals surface area contributed by atoms with Gasteiger partial charge in [-0.05, 0) is 38.8 Å². The van der Waals surface area contributed by atoms with E-state index in [1.807, 2.05) is 17.7 Å². The summed E-state index contributed by atoms with van der Waals surface area (Å²) < 4.78 is 1.89. The van der Waals surface area contributed by atoms with E-state index >= 15 is 0 Å². The van der Waals surface area contributed by atoms with E-state index in [2.05, 4.69) is 34.6 Å².